The van der Waals surface area contributed by atoms with Crippen LogP contribution in [0.1, 0.15) is 21.7 Å². The zero-order chi connectivity index (χ0) is 22.5. The number of ether oxygens (including phenoxy) is 1. The summed E-state index contributed by atoms with van der Waals surface area (Å²) in [6.07, 6.45) is 2.69. The van der Waals surface area contributed by atoms with Crippen LogP contribution in [-0.2, 0) is 13.1 Å². The number of methoxy groups -OCH3 is 1. The van der Waals surface area contributed by atoms with Gasteiger partial charge in [-0.05, 0) is 36.4 Å². The minimum Gasteiger partial charge on any atom is -0.497 e. The lowest BCUT2D eigenvalue weighted by molar-refractivity contribution is 0.0947. The van der Waals surface area contributed by atoms with E-state index in [2.05, 4.69) is 20.3 Å². The van der Waals surface area contributed by atoms with Gasteiger partial charge in [-0.25, -0.2) is 9.78 Å². The summed E-state index contributed by atoms with van der Waals surface area (Å²) in [5, 5.41) is 5.33. The van der Waals surface area contributed by atoms with Gasteiger partial charge in [-0.1, -0.05) is 6.07 Å². The monoisotopic (exact) mass is 449 g/mol. The highest BCUT2D eigenvalue weighted by molar-refractivity contribution is 7.13. The van der Waals surface area contributed by atoms with E-state index in [0.717, 1.165) is 27.1 Å². The van der Waals surface area contributed by atoms with Crippen LogP contribution < -0.4 is 21.3 Å². The quantitative estimate of drug-likeness (QED) is 0.446. The van der Waals surface area contributed by atoms with Crippen LogP contribution in [0.5, 0.6) is 5.75 Å². The number of nitrogens with one attached hydrogen (secondary N) is 2. The Hall–Kier alpha value is -4.05. The number of rotatable bonds is 7. The molecule has 10 heteroatoms. The van der Waals surface area contributed by atoms with Crippen molar-refractivity contribution in [2.24, 2.45) is 0 Å². The van der Waals surface area contributed by atoms with Crippen LogP contribution in [0.4, 0.5) is 0 Å². The summed E-state index contributed by atoms with van der Waals surface area (Å²) in [4.78, 5) is 48.5. The molecule has 32 heavy (non-hydrogen) atoms. The first kappa shape index (κ1) is 21.2. The maximum atomic E-state index is 12.7. The van der Waals surface area contributed by atoms with Gasteiger partial charge in [0.1, 0.15) is 16.3 Å². The molecule has 0 bridgehead atoms. The van der Waals surface area contributed by atoms with Crippen molar-refractivity contribution >= 4 is 17.2 Å². The molecule has 1 aromatic carbocycles. The molecule has 0 saturated carbocycles. The molecule has 2 N–H and O–H groups in total. The Morgan fingerprint density at radius 2 is 1.97 bits per heavy atom. The van der Waals surface area contributed by atoms with Crippen molar-refractivity contribution in [2.45, 2.75) is 13.1 Å². The molecular formula is C22H19N5O4S. The number of aromatic nitrogens is 4. The number of aromatic amines is 1. The highest BCUT2D eigenvalue weighted by atomic mass is 32.1. The summed E-state index contributed by atoms with van der Waals surface area (Å²) >= 11 is 1.45. The first-order chi connectivity index (χ1) is 15.5. The first-order valence-electron chi connectivity index (χ1n) is 9.64. The van der Waals surface area contributed by atoms with Crippen molar-refractivity contribution in [3.63, 3.8) is 0 Å². The fourth-order valence-corrected chi connectivity index (χ4v) is 3.82. The molecule has 4 aromatic rings. The number of hydrogen-bond donors (Lipinski definition) is 2. The molecule has 0 saturated heterocycles. The Bertz CT molecular complexity index is 1340. The van der Waals surface area contributed by atoms with E-state index in [-0.39, 0.29) is 18.7 Å². The summed E-state index contributed by atoms with van der Waals surface area (Å²) in [5.41, 5.74) is 0.672. The number of carbonyl (C=O) groups is 1. The molecular weight excluding hydrogens is 430 g/mol. The van der Waals surface area contributed by atoms with Gasteiger partial charge < -0.3 is 15.0 Å². The lowest BCUT2D eigenvalue weighted by Gasteiger charge is -2.07. The Balaban J connectivity index is 1.46. The normalized spacial score (nSPS) is 10.7. The Labute approximate surface area is 186 Å². The number of carbonyl (C=O) groups excluding carboxylic acids is 1. The molecule has 1 amide bonds. The van der Waals surface area contributed by atoms with Crippen LogP contribution in [0.15, 0.2) is 69.8 Å². The maximum Gasteiger partial charge on any atom is 0.328 e. The van der Waals surface area contributed by atoms with Crippen LogP contribution in [0.25, 0.3) is 10.6 Å². The van der Waals surface area contributed by atoms with Gasteiger partial charge in [-0.15, -0.1) is 11.3 Å². The van der Waals surface area contributed by atoms with E-state index >= 15 is 0 Å². The van der Waals surface area contributed by atoms with Gasteiger partial charge in [-0.2, -0.15) is 0 Å². The number of amides is 1. The summed E-state index contributed by atoms with van der Waals surface area (Å²) in [6.45, 7) is 0.109. The van der Waals surface area contributed by atoms with E-state index < -0.39 is 17.2 Å². The van der Waals surface area contributed by atoms with E-state index in [0.29, 0.717) is 11.4 Å². The van der Waals surface area contributed by atoms with E-state index in [4.69, 9.17) is 4.74 Å². The van der Waals surface area contributed by atoms with Gasteiger partial charge in [0.05, 0.1) is 31.6 Å². The molecule has 4 rings (SSSR count). The van der Waals surface area contributed by atoms with Crippen LogP contribution >= 0.6 is 11.3 Å². The third kappa shape index (κ3) is 4.65. The van der Waals surface area contributed by atoms with Crippen molar-refractivity contribution in [3.8, 4) is 16.3 Å². The zero-order valence-corrected chi connectivity index (χ0v) is 17.9. The molecule has 0 aliphatic rings. The summed E-state index contributed by atoms with van der Waals surface area (Å²) < 4.78 is 6.10. The highest BCUT2D eigenvalue weighted by Gasteiger charge is 2.16. The molecule has 0 aliphatic heterocycles. The Morgan fingerprint density at radius 3 is 2.69 bits per heavy atom. The number of nitrogens with zero attached hydrogens (tertiary/aromatic N) is 3. The second-order valence-corrected chi connectivity index (χ2v) is 7.63. The van der Waals surface area contributed by atoms with Crippen molar-refractivity contribution in [1.82, 2.24) is 24.8 Å². The Morgan fingerprint density at radius 1 is 1.16 bits per heavy atom. The van der Waals surface area contributed by atoms with E-state index in [9.17, 15) is 14.4 Å². The maximum absolute atomic E-state index is 12.7. The second-order valence-electron chi connectivity index (χ2n) is 6.78. The molecule has 3 heterocycles. The van der Waals surface area contributed by atoms with Crippen LogP contribution in [0.3, 0.4) is 0 Å². The number of pyridine rings is 1. The van der Waals surface area contributed by atoms with E-state index in [1.54, 1.807) is 31.5 Å². The van der Waals surface area contributed by atoms with Crippen molar-refractivity contribution in [1.29, 1.82) is 0 Å². The van der Waals surface area contributed by atoms with Crippen molar-refractivity contribution < 1.29 is 9.53 Å². The average molecular weight is 449 g/mol. The van der Waals surface area contributed by atoms with Gasteiger partial charge in [0.15, 0.2) is 0 Å². The third-order valence-corrected chi connectivity index (χ3v) is 5.61. The summed E-state index contributed by atoms with van der Waals surface area (Å²) in [5.74, 6) is 0.160. The molecule has 9 nitrogen and oxygen atoms in total. The van der Waals surface area contributed by atoms with E-state index in [1.807, 2.05) is 29.6 Å². The van der Waals surface area contributed by atoms with Crippen LogP contribution in [0, 0.1) is 0 Å². The molecule has 0 aliphatic carbocycles. The predicted octanol–water partition coefficient (Wildman–Crippen LogP) is 2.04. The molecule has 0 radical (unpaired) electrons. The number of benzene rings is 1. The molecule has 0 spiro atoms. The smallest absolute Gasteiger partial charge is 0.328 e. The molecule has 0 atom stereocenters. The van der Waals surface area contributed by atoms with Crippen molar-refractivity contribution in [2.75, 3.05) is 7.11 Å². The molecule has 3 aromatic heterocycles. The fourth-order valence-electron chi connectivity index (χ4n) is 2.99. The van der Waals surface area contributed by atoms with Crippen LogP contribution in [0.2, 0.25) is 0 Å². The Kier molecular flexibility index (Phi) is 6.22. The molecule has 0 unspecified atom stereocenters. The largest absolute Gasteiger partial charge is 0.497 e. The van der Waals surface area contributed by atoms with Gasteiger partial charge in [0.25, 0.3) is 11.5 Å². The fraction of sp³-hybridized carbons (Fsp3) is 0.136. The predicted molar refractivity (Wildman–Crippen MR) is 120 cm³/mol. The van der Waals surface area contributed by atoms with E-state index in [1.165, 1.54) is 11.3 Å². The molecule has 162 valence electrons. The minimum atomic E-state index is -0.686. The standard InChI is InChI=1S/C22H19N5O4S/c1-31-17-7-5-14(6-8-17)20-26-16(13-32-20)10-24-19(28)18-11-25-22(30)27(21(18)29)12-15-4-2-3-9-23-15/h2-9,11,13H,10,12H2,1H3,(H,24,28)(H,25,30). The average Bonchev–Trinajstić information content (AvgIpc) is 3.30. The number of H-pyrrole nitrogens is 1. The lowest BCUT2D eigenvalue weighted by atomic mass is 10.2. The highest BCUT2D eigenvalue weighted by Crippen LogP contribution is 2.25. The molecule has 0 fully saturated rings. The zero-order valence-electron chi connectivity index (χ0n) is 17.1. The third-order valence-electron chi connectivity index (χ3n) is 4.67. The summed E-state index contributed by atoms with van der Waals surface area (Å²) in [6, 6.07) is 12.7. The van der Waals surface area contributed by atoms with Gasteiger partial charge in [-0.3, -0.25) is 19.1 Å². The summed E-state index contributed by atoms with van der Waals surface area (Å²) in [7, 11) is 1.61. The minimum absolute atomic E-state index is 0.0343. The number of hydrogen-bond acceptors (Lipinski definition) is 7. The first-order valence-corrected chi connectivity index (χ1v) is 10.5. The van der Waals surface area contributed by atoms with Crippen molar-refractivity contribution in [3.05, 3.63) is 98.0 Å². The van der Waals surface area contributed by atoms with Crippen LogP contribution in [-0.4, -0.2) is 32.5 Å². The SMILES string of the molecule is COc1ccc(-c2nc(CNC(=O)c3c[nH]c(=O)n(Cc4ccccn4)c3=O)cs2)cc1. The lowest BCUT2D eigenvalue weighted by Crippen LogP contribution is -2.40. The van der Waals surface area contributed by atoms with Gasteiger partial charge in [0.2, 0.25) is 0 Å². The topological polar surface area (TPSA) is 119 Å². The van der Waals surface area contributed by atoms with Gasteiger partial charge >= 0.3 is 5.69 Å². The van der Waals surface area contributed by atoms with Gasteiger partial charge in [0, 0.05) is 23.3 Å². The second kappa shape index (κ2) is 9.40. The number of thiazole rings is 1.